The molecule has 0 N–H and O–H groups in total. The van der Waals surface area contributed by atoms with E-state index in [2.05, 4.69) is 9.88 Å². The monoisotopic (exact) mass is 604 g/mol. The molecule has 3 aromatic rings. The number of carbonyl (C=O) groups is 3. The Morgan fingerprint density at radius 1 is 0.930 bits per heavy atom. The predicted octanol–water partition coefficient (Wildman–Crippen LogP) is 5.95. The quantitative estimate of drug-likeness (QED) is 0.310. The minimum Gasteiger partial charge on any atom is -0.410 e. The number of ether oxygens (including phenoxy) is 1. The van der Waals surface area contributed by atoms with Crippen molar-refractivity contribution in [2.75, 3.05) is 31.1 Å². The van der Waals surface area contributed by atoms with Crippen LogP contribution in [0.4, 0.5) is 15.0 Å². The Morgan fingerprint density at radius 2 is 1.63 bits per heavy atom. The van der Waals surface area contributed by atoms with Crippen molar-refractivity contribution in [2.24, 2.45) is 5.92 Å². The lowest BCUT2D eigenvalue weighted by Gasteiger charge is -2.34. The van der Waals surface area contributed by atoms with Crippen LogP contribution in [-0.2, 0) is 4.79 Å². The average Bonchev–Trinajstić information content (AvgIpc) is 3.76. The number of anilines is 1. The van der Waals surface area contributed by atoms with E-state index < -0.39 is 11.9 Å². The van der Waals surface area contributed by atoms with Crippen molar-refractivity contribution in [3.05, 3.63) is 88.8 Å². The minimum atomic E-state index is -0.482. The van der Waals surface area contributed by atoms with Gasteiger partial charge in [-0.3, -0.25) is 14.5 Å². The number of piperidine rings is 1. The summed E-state index contributed by atoms with van der Waals surface area (Å²) in [6, 6.07) is 16.4. The first-order valence-electron chi connectivity index (χ1n) is 14.8. The van der Waals surface area contributed by atoms with Gasteiger partial charge in [-0.05, 0) is 86.7 Å². The Balaban J connectivity index is 1.17. The zero-order valence-corrected chi connectivity index (χ0v) is 24.8. The fraction of sp³-hybridized carbons (Fsp3) is 0.394. The van der Waals surface area contributed by atoms with E-state index in [-0.39, 0.29) is 41.4 Å². The van der Waals surface area contributed by atoms with Crippen LogP contribution in [0.15, 0.2) is 66.9 Å². The number of likely N-dealkylation sites (tertiary alicyclic amines) is 1. The summed E-state index contributed by atoms with van der Waals surface area (Å²) in [5.41, 5.74) is 1.59. The highest BCUT2D eigenvalue weighted by Crippen LogP contribution is 2.39. The summed E-state index contributed by atoms with van der Waals surface area (Å²) in [5.74, 6) is 0.531. The topological polar surface area (TPSA) is 83.1 Å². The van der Waals surface area contributed by atoms with Crippen LogP contribution in [0.2, 0.25) is 5.02 Å². The summed E-state index contributed by atoms with van der Waals surface area (Å²) < 4.78 is 19.1. The molecule has 2 aromatic carbocycles. The smallest absolute Gasteiger partial charge is 0.410 e. The van der Waals surface area contributed by atoms with Gasteiger partial charge in [0.1, 0.15) is 17.4 Å². The molecule has 2 aliphatic heterocycles. The molecule has 0 spiro atoms. The number of carbonyl (C=O) groups excluding carboxylic acids is 3. The van der Waals surface area contributed by atoms with Crippen LogP contribution in [0.25, 0.3) is 0 Å². The second-order valence-corrected chi connectivity index (χ2v) is 12.1. The van der Waals surface area contributed by atoms with E-state index in [1.54, 1.807) is 17.2 Å². The van der Waals surface area contributed by atoms with Crippen molar-refractivity contribution in [2.45, 2.75) is 50.6 Å². The summed E-state index contributed by atoms with van der Waals surface area (Å²) in [7, 11) is 0. The Hall–Kier alpha value is -3.98. The molecule has 43 heavy (non-hydrogen) atoms. The van der Waals surface area contributed by atoms with Crippen LogP contribution in [-0.4, -0.2) is 70.8 Å². The molecule has 3 fully saturated rings. The summed E-state index contributed by atoms with van der Waals surface area (Å²) in [6.07, 6.45) is 4.25. The van der Waals surface area contributed by atoms with Gasteiger partial charge in [0.2, 0.25) is 5.91 Å². The summed E-state index contributed by atoms with van der Waals surface area (Å²) in [6.45, 7) is 3.81. The third kappa shape index (κ3) is 6.51. The number of ketones is 1. The second-order valence-electron chi connectivity index (χ2n) is 11.7. The molecule has 224 valence electrons. The van der Waals surface area contributed by atoms with Crippen LogP contribution in [0.1, 0.15) is 54.4 Å². The third-order valence-corrected chi connectivity index (χ3v) is 9.00. The van der Waals surface area contributed by atoms with Crippen LogP contribution < -0.4 is 9.64 Å². The normalized spacial score (nSPS) is 20.6. The molecule has 0 bridgehead atoms. The molecule has 1 saturated carbocycles. The fourth-order valence-electron chi connectivity index (χ4n) is 6.25. The average molecular weight is 605 g/mol. The van der Waals surface area contributed by atoms with E-state index in [1.807, 2.05) is 35.2 Å². The van der Waals surface area contributed by atoms with Gasteiger partial charge < -0.3 is 14.5 Å². The Bertz CT molecular complexity index is 1470. The molecule has 8 nitrogen and oxygen atoms in total. The number of hydrogen-bond acceptors (Lipinski definition) is 6. The number of rotatable bonds is 7. The number of halogens is 2. The molecule has 3 heterocycles. The highest BCUT2D eigenvalue weighted by atomic mass is 35.5. The summed E-state index contributed by atoms with van der Waals surface area (Å²) in [5, 5.41) is 0.623. The van der Waals surface area contributed by atoms with Gasteiger partial charge in [0.15, 0.2) is 5.78 Å². The van der Waals surface area contributed by atoms with Crippen LogP contribution in [0, 0.1) is 11.7 Å². The number of aromatic nitrogens is 1. The zero-order chi connectivity index (χ0) is 30.1. The third-order valence-electron chi connectivity index (χ3n) is 8.75. The first kappa shape index (κ1) is 29.1. The minimum absolute atomic E-state index is 0.0202. The molecular weight excluding hydrogens is 571 g/mol. The molecule has 1 aromatic heterocycles. The maximum atomic E-state index is 13.9. The molecule has 0 radical (unpaired) electrons. The van der Waals surface area contributed by atoms with Crippen LogP contribution in [0.5, 0.6) is 5.75 Å². The number of nitrogens with zero attached hydrogens (tertiary/aromatic N) is 4. The highest BCUT2D eigenvalue weighted by molar-refractivity contribution is 6.30. The van der Waals surface area contributed by atoms with Gasteiger partial charge >= 0.3 is 6.09 Å². The Labute approximate surface area is 255 Å². The number of hydrogen-bond donors (Lipinski definition) is 0. The SMILES string of the molecule is CC(=O)c1ccc(N2CCC(C(=O)N3C[C@@H](N(C(=O)Oc4ccc(F)cc4)C4CC4)[C@H](c4ccc(Cl)cc4)C3)CC2)nc1. The number of pyridine rings is 1. The van der Waals surface area contributed by atoms with E-state index in [0.717, 1.165) is 24.2 Å². The lowest BCUT2D eigenvalue weighted by molar-refractivity contribution is -0.135. The van der Waals surface area contributed by atoms with Crippen molar-refractivity contribution in [1.82, 2.24) is 14.8 Å². The van der Waals surface area contributed by atoms with Gasteiger partial charge in [-0.2, -0.15) is 0 Å². The molecule has 2 atom stereocenters. The molecule has 10 heteroatoms. The van der Waals surface area contributed by atoms with Gasteiger partial charge in [-0.25, -0.2) is 14.2 Å². The van der Waals surface area contributed by atoms with E-state index >= 15 is 0 Å². The van der Waals surface area contributed by atoms with E-state index in [4.69, 9.17) is 16.3 Å². The molecule has 2 amide bonds. The maximum absolute atomic E-state index is 13.9. The fourth-order valence-corrected chi connectivity index (χ4v) is 6.37. The largest absolute Gasteiger partial charge is 0.415 e. The molecule has 1 aliphatic carbocycles. The van der Waals surface area contributed by atoms with Crippen LogP contribution in [0.3, 0.4) is 0 Å². The molecule has 0 unspecified atom stereocenters. The first-order chi connectivity index (χ1) is 20.8. The lowest BCUT2D eigenvalue weighted by atomic mass is 9.93. The van der Waals surface area contributed by atoms with Gasteiger partial charge in [-0.1, -0.05) is 23.7 Å². The standard InChI is InChI=1S/C33H34ClFN4O4/c1-21(40)24-4-13-31(36-18-24)37-16-14-23(15-17-37)32(41)38-19-29(22-2-5-25(34)6-3-22)30(20-38)39(27-9-10-27)33(42)43-28-11-7-26(35)8-12-28/h2-8,11-13,18,23,27,29-30H,9-10,14-17,19-20H2,1H3/t29-,30+/m0/s1. The van der Waals surface area contributed by atoms with Gasteiger partial charge in [0.05, 0.1) is 6.04 Å². The van der Waals surface area contributed by atoms with E-state index in [0.29, 0.717) is 49.6 Å². The predicted molar refractivity (Wildman–Crippen MR) is 161 cm³/mol. The summed E-state index contributed by atoms with van der Waals surface area (Å²) in [4.78, 5) is 49.4. The van der Waals surface area contributed by atoms with Crippen molar-refractivity contribution in [3.8, 4) is 5.75 Å². The zero-order valence-electron chi connectivity index (χ0n) is 24.0. The molecule has 2 saturated heterocycles. The van der Waals surface area contributed by atoms with Crippen molar-refractivity contribution >= 4 is 35.2 Å². The van der Waals surface area contributed by atoms with Crippen molar-refractivity contribution in [1.29, 1.82) is 0 Å². The first-order valence-corrected chi connectivity index (χ1v) is 15.2. The molecule has 3 aliphatic rings. The Morgan fingerprint density at radius 3 is 2.23 bits per heavy atom. The number of amides is 2. The van der Waals surface area contributed by atoms with Crippen molar-refractivity contribution in [3.63, 3.8) is 0 Å². The Kier molecular flexibility index (Phi) is 8.34. The molecular formula is C33H34ClFN4O4. The van der Waals surface area contributed by atoms with E-state index in [1.165, 1.54) is 31.2 Å². The number of benzene rings is 2. The van der Waals surface area contributed by atoms with Gasteiger partial charge in [-0.15, -0.1) is 0 Å². The highest BCUT2D eigenvalue weighted by Gasteiger charge is 2.48. The van der Waals surface area contributed by atoms with Crippen molar-refractivity contribution < 1.29 is 23.5 Å². The maximum Gasteiger partial charge on any atom is 0.415 e. The molecule has 6 rings (SSSR count). The van der Waals surface area contributed by atoms with Gasteiger partial charge in [0, 0.05) is 60.8 Å². The van der Waals surface area contributed by atoms with E-state index in [9.17, 15) is 18.8 Å². The second kappa shape index (κ2) is 12.3. The number of Topliss-reactive ketones (excluding diaryl/α,β-unsaturated/α-hetero) is 1. The van der Waals surface area contributed by atoms with Crippen LogP contribution >= 0.6 is 11.6 Å². The summed E-state index contributed by atoms with van der Waals surface area (Å²) >= 11 is 6.19. The lowest BCUT2D eigenvalue weighted by Crippen LogP contribution is -2.48. The van der Waals surface area contributed by atoms with Gasteiger partial charge in [0.25, 0.3) is 0 Å².